The number of fused-ring (bicyclic) bond motifs is 1. The first-order valence-corrected chi connectivity index (χ1v) is 6.34. The molecule has 5 nitrogen and oxygen atoms in total. The van der Waals surface area contributed by atoms with Gasteiger partial charge in [-0.1, -0.05) is 6.07 Å². The Kier molecular flexibility index (Phi) is 3.27. The zero-order valence-corrected chi connectivity index (χ0v) is 10.8. The molecule has 100 valence electrons. The van der Waals surface area contributed by atoms with Crippen LogP contribution in [0, 0.1) is 6.92 Å². The predicted molar refractivity (Wildman–Crippen MR) is 69.6 cm³/mol. The van der Waals surface area contributed by atoms with Crippen LogP contribution in [0.25, 0.3) is 0 Å². The first kappa shape index (κ1) is 11.9. The summed E-state index contributed by atoms with van der Waals surface area (Å²) in [5.41, 5.74) is 0. The van der Waals surface area contributed by atoms with Crippen molar-refractivity contribution in [3.05, 3.63) is 36.4 Å². The summed E-state index contributed by atoms with van der Waals surface area (Å²) in [6, 6.07) is 5.68. The highest BCUT2D eigenvalue weighted by molar-refractivity contribution is 5.52. The molecule has 19 heavy (non-hydrogen) atoms. The molecule has 0 N–H and O–H groups in total. The minimum Gasteiger partial charge on any atom is -0.489 e. The molecule has 0 atom stereocenters. The van der Waals surface area contributed by atoms with E-state index >= 15 is 0 Å². The minimum atomic E-state index is 0.268. The molecule has 2 aromatic rings. The van der Waals surface area contributed by atoms with Crippen LogP contribution in [0.4, 0.5) is 0 Å². The van der Waals surface area contributed by atoms with E-state index in [4.69, 9.17) is 14.2 Å². The van der Waals surface area contributed by atoms with Crippen LogP contribution >= 0.6 is 0 Å². The van der Waals surface area contributed by atoms with E-state index in [0.29, 0.717) is 12.4 Å². The maximum absolute atomic E-state index is 5.75. The molecule has 0 unspecified atom stereocenters. The van der Waals surface area contributed by atoms with Crippen molar-refractivity contribution in [1.82, 2.24) is 9.55 Å². The molecule has 3 rings (SSSR count). The molecule has 0 spiro atoms. The molecule has 1 aromatic heterocycles. The standard InChI is InChI=1S/C14H16N2O3/c1-11-15-6-8-16(11)7-3-9-17-12-4-2-5-13-14(12)19-10-18-13/h2,4-6,8H,3,7,9-10H2,1H3. The molecule has 0 fully saturated rings. The molecule has 1 aliphatic heterocycles. The van der Waals surface area contributed by atoms with Crippen molar-refractivity contribution < 1.29 is 14.2 Å². The molecule has 5 heteroatoms. The van der Waals surface area contributed by atoms with Gasteiger partial charge in [-0.15, -0.1) is 0 Å². The molecule has 0 saturated carbocycles. The second-order valence-electron chi connectivity index (χ2n) is 4.36. The molecule has 0 amide bonds. The fourth-order valence-corrected chi connectivity index (χ4v) is 2.07. The monoisotopic (exact) mass is 260 g/mol. The number of aromatic nitrogens is 2. The average molecular weight is 260 g/mol. The van der Waals surface area contributed by atoms with Gasteiger partial charge in [0, 0.05) is 18.9 Å². The van der Waals surface area contributed by atoms with Crippen molar-refractivity contribution in [1.29, 1.82) is 0 Å². The summed E-state index contributed by atoms with van der Waals surface area (Å²) in [5.74, 6) is 3.24. The fraction of sp³-hybridized carbons (Fsp3) is 0.357. The van der Waals surface area contributed by atoms with Crippen molar-refractivity contribution >= 4 is 0 Å². The first-order valence-electron chi connectivity index (χ1n) is 6.34. The highest BCUT2D eigenvalue weighted by Crippen LogP contribution is 2.40. The van der Waals surface area contributed by atoms with Gasteiger partial charge in [-0.25, -0.2) is 4.98 Å². The molecular weight excluding hydrogens is 244 g/mol. The Labute approximate surface area is 111 Å². The van der Waals surface area contributed by atoms with Gasteiger partial charge in [0.25, 0.3) is 0 Å². The Hall–Kier alpha value is -2.17. The van der Waals surface area contributed by atoms with Crippen LogP contribution < -0.4 is 14.2 Å². The topological polar surface area (TPSA) is 45.5 Å². The molecule has 0 aliphatic carbocycles. The van der Waals surface area contributed by atoms with Gasteiger partial charge in [-0.05, 0) is 25.5 Å². The Morgan fingerprint density at radius 3 is 3.16 bits per heavy atom. The maximum atomic E-state index is 5.75. The van der Waals surface area contributed by atoms with Gasteiger partial charge in [0.05, 0.1) is 6.61 Å². The summed E-state index contributed by atoms with van der Waals surface area (Å²) in [5, 5.41) is 0. The number of ether oxygens (including phenoxy) is 3. The summed E-state index contributed by atoms with van der Waals surface area (Å²) in [7, 11) is 0. The van der Waals surface area contributed by atoms with E-state index in [0.717, 1.165) is 30.3 Å². The average Bonchev–Trinajstić information content (AvgIpc) is 3.04. The van der Waals surface area contributed by atoms with E-state index in [2.05, 4.69) is 9.55 Å². The van der Waals surface area contributed by atoms with Crippen LogP contribution in [0.1, 0.15) is 12.2 Å². The third-order valence-electron chi connectivity index (χ3n) is 3.09. The van der Waals surface area contributed by atoms with Crippen LogP contribution in [0.3, 0.4) is 0 Å². The van der Waals surface area contributed by atoms with E-state index in [-0.39, 0.29) is 6.79 Å². The lowest BCUT2D eigenvalue weighted by molar-refractivity contribution is 0.169. The van der Waals surface area contributed by atoms with Gasteiger partial charge in [0.1, 0.15) is 5.82 Å². The molecule has 0 bridgehead atoms. The molecule has 1 aromatic carbocycles. The molecule has 1 aliphatic rings. The summed E-state index contributed by atoms with van der Waals surface area (Å²) in [4.78, 5) is 4.19. The van der Waals surface area contributed by atoms with E-state index < -0.39 is 0 Å². The van der Waals surface area contributed by atoms with Gasteiger partial charge in [0.15, 0.2) is 11.5 Å². The van der Waals surface area contributed by atoms with Crippen LogP contribution in [-0.4, -0.2) is 23.0 Å². The van der Waals surface area contributed by atoms with Crippen LogP contribution in [0.15, 0.2) is 30.6 Å². The zero-order valence-electron chi connectivity index (χ0n) is 10.8. The molecule has 2 heterocycles. The van der Waals surface area contributed by atoms with Gasteiger partial charge in [-0.3, -0.25) is 0 Å². The SMILES string of the molecule is Cc1nccn1CCCOc1cccc2c1OCO2. The van der Waals surface area contributed by atoms with E-state index in [9.17, 15) is 0 Å². The molecule has 0 radical (unpaired) electrons. The fourth-order valence-electron chi connectivity index (χ4n) is 2.07. The quantitative estimate of drug-likeness (QED) is 0.774. The number of imidazole rings is 1. The summed E-state index contributed by atoms with van der Waals surface area (Å²) >= 11 is 0. The number of nitrogens with zero attached hydrogens (tertiary/aromatic N) is 2. The lowest BCUT2D eigenvalue weighted by Crippen LogP contribution is -2.05. The third kappa shape index (κ3) is 2.50. The Morgan fingerprint density at radius 2 is 2.32 bits per heavy atom. The van der Waals surface area contributed by atoms with Crippen LogP contribution in [-0.2, 0) is 6.54 Å². The van der Waals surface area contributed by atoms with Crippen LogP contribution in [0.2, 0.25) is 0 Å². The highest BCUT2D eigenvalue weighted by Gasteiger charge is 2.17. The number of benzene rings is 1. The summed E-state index contributed by atoms with van der Waals surface area (Å²) in [6.45, 7) is 3.80. The normalized spacial score (nSPS) is 12.7. The van der Waals surface area contributed by atoms with E-state index in [1.807, 2.05) is 37.5 Å². The van der Waals surface area contributed by atoms with Crippen molar-refractivity contribution in [3.63, 3.8) is 0 Å². The third-order valence-corrected chi connectivity index (χ3v) is 3.09. The minimum absolute atomic E-state index is 0.268. The molecule has 0 saturated heterocycles. The van der Waals surface area contributed by atoms with Crippen LogP contribution in [0.5, 0.6) is 17.2 Å². The van der Waals surface area contributed by atoms with E-state index in [1.165, 1.54) is 0 Å². The highest BCUT2D eigenvalue weighted by atomic mass is 16.7. The number of hydrogen-bond acceptors (Lipinski definition) is 4. The van der Waals surface area contributed by atoms with Crippen molar-refractivity contribution in [3.8, 4) is 17.2 Å². The number of aryl methyl sites for hydroxylation is 2. The van der Waals surface area contributed by atoms with E-state index in [1.54, 1.807) is 0 Å². The van der Waals surface area contributed by atoms with Gasteiger partial charge in [0.2, 0.25) is 12.5 Å². The predicted octanol–water partition coefficient (Wildman–Crippen LogP) is 2.39. The maximum Gasteiger partial charge on any atom is 0.231 e. The largest absolute Gasteiger partial charge is 0.489 e. The second-order valence-corrected chi connectivity index (χ2v) is 4.36. The van der Waals surface area contributed by atoms with Crippen molar-refractivity contribution in [2.45, 2.75) is 19.9 Å². The van der Waals surface area contributed by atoms with Crippen molar-refractivity contribution in [2.24, 2.45) is 0 Å². The van der Waals surface area contributed by atoms with Crippen molar-refractivity contribution in [2.75, 3.05) is 13.4 Å². The Morgan fingerprint density at radius 1 is 1.37 bits per heavy atom. The van der Waals surface area contributed by atoms with Gasteiger partial charge >= 0.3 is 0 Å². The lowest BCUT2D eigenvalue weighted by Gasteiger charge is -2.09. The van der Waals surface area contributed by atoms with Gasteiger partial charge in [-0.2, -0.15) is 0 Å². The number of para-hydroxylation sites is 1. The zero-order chi connectivity index (χ0) is 13.1. The number of rotatable bonds is 5. The number of hydrogen-bond donors (Lipinski definition) is 0. The summed E-state index contributed by atoms with van der Waals surface area (Å²) in [6.07, 6.45) is 4.71. The smallest absolute Gasteiger partial charge is 0.231 e. The second kappa shape index (κ2) is 5.22. The Balaban J connectivity index is 1.53. The first-order chi connectivity index (χ1) is 9.34. The van der Waals surface area contributed by atoms with Gasteiger partial charge < -0.3 is 18.8 Å². The lowest BCUT2D eigenvalue weighted by atomic mass is 10.3. The molecular formula is C14H16N2O3. The Bertz CT molecular complexity index is 566. The summed E-state index contributed by atoms with van der Waals surface area (Å²) < 4.78 is 18.6.